The van der Waals surface area contributed by atoms with Crippen LogP contribution in [0.15, 0.2) is 10.6 Å². The lowest BCUT2D eigenvalue weighted by molar-refractivity contribution is -0.137. The van der Waals surface area contributed by atoms with E-state index in [4.69, 9.17) is 9.26 Å². The number of hydrogen-bond donors (Lipinski definition) is 1. The quantitative estimate of drug-likeness (QED) is 0.889. The molecular formula is C14H21N3O3. The summed E-state index contributed by atoms with van der Waals surface area (Å²) in [4.78, 5) is 14.7. The summed E-state index contributed by atoms with van der Waals surface area (Å²) in [5, 5.41) is 7.10. The zero-order valence-corrected chi connectivity index (χ0v) is 12.0. The average molecular weight is 279 g/mol. The SMILES string of the molecule is CNC1COCC1C(=O)N1CCCC1c1cc(C)no1. The van der Waals surface area contributed by atoms with E-state index >= 15 is 0 Å². The highest BCUT2D eigenvalue weighted by Gasteiger charge is 2.40. The van der Waals surface area contributed by atoms with Crippen LogP contribution in [0.5, 0.6) is 0 Å². The number of aryl methyl sites for hydroxylation is 1. The van der Waals surface area contributed by atoms with Crippen molar-refractivity contribution in [2.24, 2.45) is 5.92 Å². The van der Waals surface area contributed by atoms with E-state index in [1.165, 1.54) is 0 Å². The molecule has 1 aromatic rings. The normalized spacial score (nSPS) is 30.1. The van der Waals surface area contributed by atoms with E-state index in [1.807, 2.05) is 24.9 Å². The molecular weight excluding hydrogens is 258 g/mol. The van der Waals surface area contributed by atoms with E-state index in [9.17, 15) is 4.79 Å². The second-order valence-corrected chi connectivity index (χ2v) is 5.60. The van der Waals surface area contributed by atoms with E-state index in [1.54, 1.807) is 0 Å². The second-order valence-electron chi connectivity index (χ2n) is 5.60. The van der Waals surface area contributed by atoms with E-state index in [0.29, 0.717) is 13.2 Å². The Morgan fingerprint density at radius 2 is 2.35 bits per heavy atom. The summed E-state index contributed by atoms with van der Waals surface area (Å²) in [6.45, 7) is 3.79. The zero-order chi connectivity index (χ0) is 14.1. The molecule has 1 N–H and O–H groups in total. The van der Waals surface area contributed by atoms with Gasteiger partial charge < -0.3 is 19.5 Å². The molecule has 3 rings (SSSR count). The van der Waals surface area contributed by atoms with Gasteiger partial charge in [0.2, 0.25) is 5.91 Å². The Balaban J connectivity index is 1.76. The Kier molecular flexibility index (Phi) is 3.76. The number of amides is 1. The van der Waals surface area contributed by atoms with Crippen molar-refractivity contribution in [3.63, 3.8) is 0 Å². The zero-order valence-electron chi connectivity index (χ0n) is 12.0. The first kappa shape index (κ1) is 13.6. The summed E-state index contributed by atoms with van der Waals surface area (Å²) in [5.41, 5.74) is 0.858. The number of carbonyl (C=O) groups is 1. The highest BCUT2D eigenvalue weighted by Crippen LogP contribution is 2.34. The van der Waals surface area contributed by atoms with Gasteiger partial charge in [0.15, 0.2) is 5.76 Å². The first-order valence-corrected chi connectivity index (χ1v) is 7.19. The fourth-order valence-electron chi connectivity index (χ4n) is 3.16. The van der Waals surface area contributed by atoms with Gasteiger partial charge in [-0.25, -0.2) is 0 Å². The number of likely N-dealkylation sites (N-methyl/N-ethyl adjacent to an activating group) is 1. The maximum Gasteiger partial charge on any atom is 0.230 e. The molecule has 1 aromatic heterocycles. The van der Waals surface area contributed by atoms with Crippen molar-refractivity contribution >= 4 is 5.91 Å². The van der Waals surface area contributed by atoms with E-state index in [2.05, 4.69) is 10.5 Å². The summed E-state index contributed by atoms with van der Waals surface area (Å²) < 4.78 is 10.8. The van der Waals surface area contributed by atoms with Gasteiger partial charge in [-0.3, -0.25) is 4.79 Å². The number of rotatable bonds is 3. The van der Waals surface area contributed by atoms with Gasteiger partial charge in [-0.1, -0.05) is 5.16 Å². The maximum absolute atomic E-state index is 12.8. The van der Waals surface area contributed by atoms with Crippen LogP contribution in [0.2, 0.25) is 0 Å². The molecule has 3 atom stereocenters. The smallest absolute Gasteiger partial charge is 0.230 e. The van der Waals surface area contributed by atoms with Crippen molar-refractivity contribution < 1.29 is 14.1 Å². The Morgan fingerprint density at radius 3 is 3.05 bits per heavy atom. The monoisotopic (exact) mass is 279 g/mol. The van der Waals surface area contributed by atoms with Crippen molar-refractivity contribution in [1.29, 1.82) is 0 Å². The Morgan fingerprint density at radius 1 is 1.50 bits per heavy atom. The van der Waals surface area contributed by atoms with Crippen LogP contribution in [-0.2, 0) is 9.53 Å². The summed E-state index contributed by atoms with van der Waals surface area (Å²) in [6.07, 6.45) is 1.95. The number of likely N-dealkylation sites (tertiary alicyclic amines) is 1. The van der Waals surface area contributed by atoms with Crippen LogP contribution in [-0.4, -0.2) is 48.8 Å². The molecule has 2 aliphatic heterocycles. The third-order valence-electron chi connectivity index (χ3n) is 4.28. The van der Waals surface area contributed by atoms with E-state index in [0.717, 1.165) is 30.8 Å². The van der Waals surface area contributed by atoms with E-state index < -0.39 is 0 Å². The highest BCUT2D eigenvalue weighted by atomic mass is 16.5. The predicted octanol–water partition coefficient (Wildman–Crippen LogP) is 0.881. The number of nitrogens with zero attached hydrogens (tertiary/aromatic N) is 2. The minimum atomic E-state index is -0.0929. The van der Waals surface area contributed by atoms with Crippen molar-refractivity contribution in [2.45, 2.75) is 31.8 Å². The summed E-state index contributed by atoms with van der Waals surface area (Å²) >= 11 is 0. The number of aromatic nitrogens is 1. The van der Waals surface area contributed by atoms with Crippen LogP contribution in [0.4, 0.5) is 0 Å². The van der Waals surface area contributed by atoms with Crippen LogP contribution >= 0.6 is 0 Å². The molecule has 0 saturated carbocycles. The molecule has 0 bridgehead atoms. The third kappa shape index (κ3) is 2.33. The lowest BCUT2D eigenvalue weighted by Gasteiger charge is -2.27. The standard InChI is InChI=1S/C14H21N3O3/c1-9-6-13(20-16-9)12-4-3-5-17(12)14(18)10-7-19-8-11(10)15-2/h6,10-12,15H,3-5,7-8H2,1-2H3. The molecule has 2 aliphatic rings. The van der Waals surface area contributed by atoms with Crippen LogP contribution in [0.25, 0.3) is 0 Å². The lowest BCUT2D eigenvalue weighted by Crippen LogP contribution is -2.44. The predicted molar refractivity (Wildman–Crippen MR) is 72.1 cm³/mol. The molecule has 3 heterocycles. The van der Waals surface area contributed by atoms with Crippen molar-refractivity contribution in [3.8, 4) is 0 Å². The van der Waals surface area contributed by atoms with Crippen LogP contribution in [0.1, 0.15) is 30.3 Å². The number of nitrogens with one attached hydrogen (secondary N) is 1. The second kappa shape index (κ2) is 5.54. The van der Waals surface area contributed by atoms with Crippen molar-refractivity contribution in [2.75, 3.05) is 26.8 Å². The lowest BCUT2D eigenvalue weighted by atomic mass is 10.0. The van der Waals surface area contributed by atoms with Crippen LogP contribution in [0.3, 0.4) is 0 Å². The van der Waals surface area contributed by atoms with E-state index in [-0.39, 0.29) is 23.9 Å². The fraction of sp³-hybridized carbons (Fsp3) is 0.714. The summed E-state index contributed by atoms with van der Waals surface area (Å²) in [7, 11) is 1.88. The molecule has 20 heavy (non-hydrogen) atoms. The van der Waals surface area contributed by atoms with Gasteiger partial charge >= 0.3 is 0 Å². The topological polar surface area (TPSA) is 67.6 Å². The summed E-state index contributed by atoms with van der Waals surface area (Å²) in [5.74, 6) is 0.872. The van der Waals surface area contributed by atoms with Crippen molar-refractivity contribution in [3.05, 3.63) is 17.5 Å². The molecule has 1 amide bonds. The minimum Gasteiger partial charge on any atom is -0.379 e. The van der Waals surface area contributed by atoms with Gasteiger partial charge in [0.1, 0.15) is 0 Å². The molecule has 0 radical (unpaired) electrons. The van der Waals surface area contributed by atoms with Gasteiger partial charge in [-0.05, 0) is 26.8 Å². The molecule has 2 saturated heterocycles. The van der Waals surface area contributed by atoms with Crippen molar-refractivity contribution in [1.82, 2.24) is 15.4 Å². The van der Waals surface area contributed by atoms with Gasteiger partial charge in [0.05, 0.1) is 30.9 Å². The number of hydrogen-bond acceptors (Lipinski definition) is 5. The molecule has 3 unspecified atom stereocenters. The molecule has 0 aliphatic carbocycles. The van der Waals surface area contributed by atoms with Gasteiger partial charge in [-0.15, -0.1) is 0 Å². The van der Waals surface area contributed by atoms with Crippen LogP contribution < -0.4 is 5.32 Å². The number of ether oxygens (including phenoxy) is 1. The molecule has 6 nitrogen and oxygen atoms in total. The van der Waals surface area contributed by atoms with Gasteiger partial charge in [0, 0.05) is 18.7 Å². The molecule has 0 spiro atoms. The third-order valence-corrected chi connectivity index (χ3v) is 4.28. The molecule has 110 valence electrons. The minimum absolute atomic E-state index is 0.0295. The van der Waals surface area contributed by atoms with Gasteiger partial charge in [-0.2, -0.15) is 0 Å². The maximum atomic E-state index is 12.8. The Bertz CT molecular complexity index is 488. The molecule has 2 fully saturated rings. The average Bonchev–Trinajstić information content (AvgIpc) is 3.17. The highest BCUT2D eigenvalue weighted by molar-refractivity contribution is 5.80. The molecule has 0 aromatic carbocycles. The van der Waals surface area contributed by atoms with Crippen LogP contribution in [0, 0.1) is 12.8 Å². The Hall–Kier alpha value is -1.40. The largest absolute Gasteiger partial charge is 0.379 e. The molecule has 6 heteroatoms. The summed E-state index contributed by atoms with van der Waals surface area (Å²) in [6, 6.07) is 2.07. The fourth-order valence-corrected chi connectivity index (χ4v) is 3.16. The van der Waals surface area contributed by atoms with Gasteiger partial charge in [0.25, 0.3) is 0 Å². The number of carbonyl (C=O) groups excluding carboxylic acids is 1. The first-order chi connectivity index (χ1) is 9.70. The Labute approximate surface area is 118 Å². The first-order valence-electron chi connectivity index (χ1n) is 7.19.